The average molecular weight is 379 g/mol. The lowest BCUT2D eigenvalue weighted by atomic mass is 10.2. The lowest BCUT2D eigenvalue weighted by molar-refractivity contribution is -0.118. The van der Waals surface area contributed by atoms with Gasteiger partial charge in [-0.1, -0.05) is 23.7 Å². The van der Waals surface area contributed by atoms with E-state index >= 15 is 0 Å². The minimum absolute atomic E-state index is 0.0888. The smallest absolute Gasteiger partial charge is 0.262 e. The van der Waals surface area contributed by atoms with Gasteiger partial charge in [0.15, 0.2) is 12.2 Å². The van der Waals surface area contributed by atoms with Gasteiger partial charge in [-0.2, -0.15) is 0 Å². The molecule has 3 aromatic carbocycles. The van der Waals surface area contributed by atoms with Crippen molar-refractivity contribution in [2.45, 2.75) is 0 Å². The Morgan fingerprint density at radius 3 is 2.48 bits per heavy atom. The minimum Gasteiger partial charge on any atom is -0.484 e. The Morgan fingerprint density at radius 1 is 1.00 bits per heavy atom. The van der Waals surface area contributed by atoms with Crippen molar-refractivity contribution >= 4 is 34.3 Å². The molecule has 4 aromatic rings. The van der Waals surface area contributed by atoms with E-state index in [1.54, 1.807) is 36.4 Å². The van der Waals surface area contributed by atoms with Crippen LogP contribution in [-0.2, 0) is 4.79 Å². The maximum Gasteiger partial charge on any atom is 0.262 e. The first kappa shape index (κ1) is 17.1. The van der Waals surface area contributed by atoms with E-state index in [1.165, 1.54) is 0 Å². The Kier molecular flexibility index (Phi) is 4.77. The molecule has 1 N–H and O–H groups in total. The van der Waals surface area contributed by atoms with Gasteiger partial charge in [-0.05, 0) is 60.7 Å². The summed E-state index contributed by atoms with van der Waals surface area (Å²) in [5.74, 6) is 0.876. The zero-order valence-electron chi connectivity index (χ0n) is 14.2. The van der Waals surface area contributed by atoms with Crippen LogP contribution in [0.2, 0.25) is 5.02 Å². The van der Waals surface area contributed by atoms with Crippen LogP contribution in [0, 0.1) is 0 Å². The molecule has 1 heterocycles. The molecule has 6 heteroatoms. The van der Waals surface area contributed by atoms with E-state index in [0.29, 0.717) is 22.4 Å². The first-order valence-electron chi connectivity index (χ1n) is 8.32. The van der Waals surface area contributed by atoms with Gasteiger partial charge in [-0.3, -0.25) is 4.79 Å². The predicted molar refractivity (Wildman–Crippen MR) is 105 cm³/mol. The van der Waals surface area contributed by atoms with Crippen molar-refractivity contribution in [2.75, 3.05) is 11.9 Å². The molecule has 0 saturated heterocycles. The van der Waals surface area contributed by atoms with Crippen molar-refractivity contribution in [1.82, 2.24) is 4.98 Å². The minimum atomic E-state index is -0.250. The van der Waals surface area contributed by atoms with Crippen LogP contribution >= 0.6 is 11.6 Å². The van der Waals surface area contributed by atoms with Crippen LogP contribution in [0.15, 0.2) is 77.2 Å². The highest BCUT2D eigenvalue weighted by Crippen LogP contribution is 2.25. The Hall–Kier alpha value is -3.31. The predicted octanol–water partition coefficient (Wildman–Crippen LogP) is 5.17. The third-order valence-electron chi connectivity index (χ3n) is 3.89. The fraction of sp³-hybridized carbons (Fsp3) is 0.0476. The molecule has 0 fully saturated rings. The summed E-state index contributed by atoms with van der Waals surface area (Å²) < 4.78 is 11.2. The lowest BCUT2D eigenvalue weighted by Crippen LogP contribution is -2.20. The van der Waals surface area contributed by atoms with Gasteiger partial charge in [-0.25, -0.2) is 4.98 Å². The Labute approximate surface area is 160 Å². The fourth-order valence-electron chi connectivity index (χ4n) is 2.57. The van der Waals surface area contributed by atoms with Crippen molar-refractivity contribution in [3.8, 4) is 17.2 Å². The van der Waals surface area contributed by atoms with Crippen molar-refractivity contribution in [3.05, 3.63) is 77.8 Å². The Bertz CT molecular complexity index is 1040. The number of carbonyl (C=O) groups is 1. The maximum absolute atomic E-state index is 12.0. The van der Waals surface area contributed by atoms with E-state index in [0.717, 1.165) is 16.7 Å². The number of carbonyl (C=O) groups excluding carboxylic acids is 1. The molecular weight excluding hydrogens is 364 g/mol. The summed E-state index contributed by atoms with van der Waals surface area (Å²) in [5, 5.41) is 3.40. The number of ether oxygens (including phenoxy) is 1. The number of amides is 1. The number of nitrogens with one attached hydrogen (secondary N) is 1. The van der Waals surface area contributed by atoms with Crippen LogP contribution in [0.1, 0.15) is 0 Å². The Morgan fingerprint density at radius 2 is 1.74 bits per heavy atom. The van der Waals surface area contributed by atoms with Gasteiger partial charge in [0, 0.05) is 16.3 Å². The summed E-state index contributed by atoms with van der Waals surface area (Å²) in [6.07, 6.45) is 0. The molecule has 134 valence electrons. The summed E-state index contributed by atoms with van der Waals surface area (Å²) in [5.41, 5.74) is 3.05. The van der Waals surface area contributed by atoms with Gasteiger partial charge in [0.25, 0.3) is 5.91 Å². The van der Waals surface area contributed by atoms with Crippen LogP contribution in [0.4, 0.5) is 5.69 Å². The fourth-order valence-corrected chi connectivity index (χ4v) is 2.69. The number of halogens is 1. The van der Waals surface area contributed by atoms with Gasteiger partial charge in [-0.15, -0.1) is 0 Å². The second-order valence-electron chi connectivity index (χ2n) is 5.85. The van der Waals surface area contributed by atoms with Gasteiger partial charge in [0.05, 0.1) is 0 Å². The van der Waals surface area contributed by atoms with E-state index in [4.69, 9.17) is 20.8 Å². The van der Waals surface area contributed by atoms with Gasteiger partial charge < -0.3 is 14.5 Å². The van der Waals surface area contributed by atoms with Crippen LogP contribution in [0.25, 0.3) is 22.6 Å². The molecule has 5 nitrogen and oxygen atoms in total. The highest BCUT2D eigenvalue weighted by molar-refractivity contribution is 6.30. The van der Waals surface area contributed by atoms with Gasteiger partial charge in [0.1, 0.15) is 11.3 Å². The van der Waals surface area contributed by atoms with Gasteiger partial charge >= 0.3 is 0 Å². The molecule has 0 unspecified atom stereocenters. The zero-order chi connectivity index (χ0) is 18.6. The van der Waals surface area contributed by atoms with Crippen LogP contribution in [0.3, 0.4) is 0 Å². The molecule has 0 spiro atoms. The second kappa shape index (κ2) is 7.51. The topological polar surface area (TPSA) is 64.4 Å². The van der Waals surface area contributed by atoms with Gasteiger partial charge in [0.2, 0.25) is 5.89 Å². The summed E-state index contributed by atoms with van der Waals surface area (Å²) in [7, 11) is 0. The number of fused-ring (bicyclic) bond motifs is 1. The standard InChI is InChI=1S/C21H15ClN2O3/c22-15-7-11-17(12-8-15)26-13-20(25)23-16-9-5-14(6-10-16)21-24-18-3-1-2-4-19(18)27-21/h1-12H,13H2,(H,23,25). The SMILES string of the molecule is O=C(COc1ccc(Cl)cc1)Nc1ccc(-c2nc3ccccc3o2)cc1. The molecular formula is C21H15ClN2O3. The molecule has 0 bridgehead atoms. The van der Waals surface area contributed by atoms with Crippen LogP contribution in [0.5, 0.6) is 5.75 Å². The average Bonchev–Trinajstić information content (AvgIpc) is 3.12. The van der Waals surface area contributed by atoms with Crippen molar-refractivity contribution in [3.63, 3.8) is 0 Å². The Balaban J connectivity index is 1.38. The summed E-state index contributed by atoms with van der Waals surface area (Å²) in [6.45, 7) is -0.0888. The van der Waals surface area contributed by atoms with Crippen molar-refractivity contribution < 1.29 is 13.9 Å². The quantitative estimate of drug-likeness (QED) is 0.520. The summed E-state index contributed by atoms with van der Waals surface area (Å²) in [4.78, 5) is 16.5. The number of aromatic nitrogens is 1. The molecule has 27 heavy (non-hydrogen) atoms. The van der Waals surface area contributed by atoms with E-state index in [9.17, 15) is 4.79 Å². The molecule has 0 aliphatic heterocycles. The normalized spacial score (nSPS) is 10.7. The van der Waals surface area contributed by atoms with E-state index in [2.05, 4.69) is 10.3 Å². The zero-order valence-corrected chi connectivity index (χ0v) is 14.9. The number of oxazole rings is 1. The molecule has 0 aliphatic rings. The third kappa shape index (κ3) is 4.10. The van der Waals surface area contributed by atoms with Crippen LogP contribution < -0.4 is 10.1 Å². The number of anilines is 1. The number of nitrogens with zero attached hydrogens (tertiary/aromatic N) is 1. The van der Waals surface area contributed by atoms with Crippen molar-refractivity contribution in [2.24, 2.45) is 0 Å². The number of benzene rings is 3. The lowest BCUT2D eigenvalue weighted by Gasteiger charge is -2.08. The van der Waals surface area contributed by atoms with E-state index in [-0.39, 0.29) is 12.5 Å². The maximum atomic E-state index is 12.0. The summed E-state index contributed by atoms with van der Waals surface area (Å²) in [6, 6.07) is 21.7. The molecule has 0 aliphatic carbocycles. The highest BCUT2D eigenvalue weighted by atomic mass is 35.5. The molecule has 1 aromatic heterocycles. The van der Waals surface area contributed by atoms with Crippen LogP contribution in [-0.4, -0.2) is 17.5 Å². The highest BCUT2D eigenvalue weighted by Gasteiger charge is 2.09. The first-order chi connectivity index (χ1) is 13.2. The van der Waals surface area contributed by atoms with E-state index < -0.39 is 0 Å². The second-order valence-corrected chi connectivity index (χ2v) is 6.29. The summed E-state index contributed by atoms with van der Waals surface area (Å²) >= 11 is 5.82. The molecule has 0 saturated carbocycles. The number of hydrogen-bond donors (Lipinski definition) is 1. The first-order valence-corrected chi connectivity index (χ1v) is 8.69. The molecule has 0 radical (unpaired) electrons. The monoisotopic (exact) mass is 378 g/mol. The number of para-hydroxylation sites is 2. The van der Waals surface area contributed by atoms with E-state index in [1.807, 2.05) is 36.4 Å². The molecule has 4 rings (SSSR count). The number of hydrogen-bond acceptors (Lipinski definition) is 4. The largest absolute Gasteiger partial charge is 0.484 e. The molecule has 0 atom stereocenters. The molecule has 1 amide bonds. The number of rotatable bonds is 5. The van der Waals surface area contributed by atoms with Crippen molar-refractivity contribution in [1.29, 1.82) is 0 Å². The third-order valence-corrected chi connectivity index (χ3v) is 4.15.